The summed E-state index contributed by atoms with van der Waals surface area (Å²) in [6.07, 6.45) is 6.64. The van der Waals surface area contributed by atoms with Gasteiger partial charge in [-0.25, -0.2) is 4.79 Å². The van der Waals surface area contributed by atoms with Crippen molar-refractivity contribution < 1.29 is 19.0 Å². The van der Waals surface area contributed by atoms with Gasteiger partial charge in [-0.15, -0.1) is 0 Å². The lowest BCUT2D eigenvalue weighted by Gasteiger charge is -2.01. The van der Waals surface area contributed by atoms with Gasteiger partial charge in [-0.05, 0) is 24.6 Å². The molecule has 0 bridgehead atoms. The summed E-state index contributed by atoms with van der Waals surface area (Å²) in [6.45, 7) is 2.39. The van der Waals surface area contributed by atoms with Gasteiger partial charge in [0.25, 0.3) is 0 Å². The molecule has 100 valence electrons. The Balaban J connectivity index is 2.05. The van der Waals surface area contributed by atoms with E-state index in [1.807, 2.05) is 18.2 Å². The summed E-state index contributed by atoms with van der Waals surface area (Å²) in [5.41, 5.74) is 0.942. The van der Waals surface area contributed by atoms with Crippen LogP contribution in [0.4, 0.5) is 0 Å². The number of hydrogen-bond acceptors (Lipinski definition) is 4. The van der Waals surface area contributed by atoms with Gasteiger partial charge in [0.2, 0.25) is 6.79 Å². The molecule has 0 N–H and O–H groups in total. The molecule has 1 aliphatic rings. The van der Waals surface area contributed by atoms with Crippen molar-refractivity contribution in [2.45, 2.75) is 6.92 Å². The Bertz CT molecular complexity index is 534. The molecule has 1 aromatic carbocycles. The molecule has 0 saturated carbocycles. The summed E-state index contributed by atoms with van der Waals surface area (Å²) in [6, 6.07) is 3.73. The first-order valence-corrected chi connectivity index (χ1v) is 6.60. The third kappa shape index (κ3) is 3.61. The van der Waals surface area contributed by atoms with E-state index in [-0.39, 0.29) is 12.8 Å². The highest BCUT2D eigenvalue weighted by Gasteiger charge is 2.14. The number of esters is 1. The van der Waals surface area contributed by atoms with Crippen LogP contribution < -0.4 is 9.47 Å². The minimum Gasteiger partial charge on any atom is -0.463 e. The van der Waals surface area contributed by atoms with E-state index in [1.165, 1.54) is 6.08 Å². The zero-order chi connectivity index (χ0) is 13.7. The van der Waals surface area contributed by atoms with E-state index in [1.54, 1.807) is 19.1 Å². The number of rotatable bonds is 4. The molecule has 0 aromatic heterocycles. The molecular weight excluding hydrogens is 312 g/mol. The standard InChI is InChI=1S/C14H13BrO4/c1-2-17-14(16)6-4-3-5-10-7-12-13(8-11(10)15)19-9-18-12/h3-8H,2,9H2,1H3/b5-3+,6-4+. The van der Waals surface area contributed by atoms with E-state index in [0.29, 0.717) is 6.61 Å². The second kappa shape index (κ2) is 6.43. The minimum absolute atomic E-state index is 0.248. The quantitative estimate of drug-likeness (QED) is 0.484. The maximum absolute atomic E-state index is 11.1. The van der Waals surface area contributed by atoms with Gasteiger partial charge in [-0.1, -0.05) is 34.2 Å². The van der Waals surface area contributed by atoms with Crippen molar-refractivity contribution in [2.75, 3.05) is 13.4 Å². The van der Waals surface area contributed by atoms with Crippen molar-refractivity contribution in [1.29, 1.82) is 0 Å². The molecule has 0 fully saturated rings. The molecule has 0 spiro atoms. The van der Waals surface area contributed by atoms with Crippen molar-refractivity contribution in [1.82, 2.24) is 0 Å². The van der Waals surface area contributed by atoms with Gasteiger partial charge >= 0.3 is 5.97 Å². The number of hydrogen-bond donors (Lipinski definition) is 0. The van der Waals surface area contributed by atoms with Crippen LogP contribution in [-0.2, 0) is 9.53 Å². The lowest BCUT2D eigenvalue weighted by atomic mass is 10.2. The molecule has 0 saturated heterocycles. The number of carbonyl (C=O) groups is 1. The molecule has 0 radical (unpaired) electrons. The maximum atomic E-state index is 11.1. The molecule has 1 aromatic rings. The van der Waals surface area contributed by atoms with Crippen LogP contribution in [0.3, 0.4) is 0 Å². The Morgan fingerprint density at radius 2 is 2.11 bits per heavy atom. The van der Waals surface area contributed by atoms with Crippen molar-refractivity contribution in [3.63, 3.8) is 0 Å². The topological polar surface area (TPSA) is 44.8 Å². The second-order valence-corrected chi connectivity index (χ2v) is 4.55. The van der Waals surface area contributed by atoms with E-state index < -0.39 is 0 Å². The fourth-order valence-corrected chi connectivity index (χ4v) is 2.00. The molecule has 0 unspecified atom stereocenters. The minimum atomic E-state index is -0.350. The Hall–Kier alpha value is -1.75. The zero-order valence-electron chi connectivity index (χ0n) is 10.4. The smallest absolute Gasteiger partial charge is 0.330 e. The Morgan fingerprint density at radius 1 is 1.37 bits per heavy atom. The van der Waals surface area contributed by atoms with E-state index in [4.69, 9.17) is 14.2 Å². The van der Waals surface area contributed by atoms with Crippen LogP contribution >= 0.6 is 15.9 Å². The summed E-state index contributed by atoms with van der Waals surface area (Å²) in [5.74, 6) is 1.10. The molecule has 4 nitrogen and oxygen atoms in total. The zero-order valence-corrected chi connectivity index (χ0v) is 12.0. The highest BCUT2D eigenvalue weighted by atomic mass is 79.9. The van der Waals surface area contributed by atoms with Crippen LogP contribution in [0, 0.1) is 0 Å². The average molecular weight is 325 g/mol. The van der Waals surface area contributed by atoms with E-state index in [0.717, 1.165) is 21.5 Å². The van der Waals surface area contributed by atoms with Gasteiger partial charge in [0, 0.05) is 10.5 Å². The van der Waals surface area contributed by atoms with Crippen LogP contribution in [0.15, 0.2) is 34.8 Å². The van der Waals surface area contributed by atoms with E-state index in [9.17, 15) is 4.79 Å². The van der Waals surface area contributed by atoms with Crippen LogP contribution in [0.1, 0.15) is 12.5 Å². The average Bonchev–Trinajstić information content (AvgIpc) is 2.82. The molecular formula is C14H13BrO4. The largest absolute Gasteiger partial charge is 0.463 e. The third-order valence-corrected chi connectivity index (χ3v) is 3.08. The highest BCUT2D eigenvalue weighted by Crippen LogP contribution is 2.37. The Kier molecular flexibility index (Phi) is 4.63. The number of carbonyl (C=O) groups excluding carboxylic acids is 1. The molecule has 0 aliphatic carbocycles. The molecule has 19 heavy (non-hydrogen) atoms. The van der Waals surface area contributed by atoms with Gasteiger partial charge in [0.05, 0.1) is 6.61 Å². The fraction of sp³-hybridized carbons (Fsp3) is 0.214. The van der Waals surface area contributed by atoms with E-state index in [2.05, 4.69) is 15.9 Å². The fourth-order valence-electron chi connectivity index (χ4n) is 1.54. The van der Waals surface area contributed by atoms with Gasteiger partial charge < -0.3 is 14.2 Å². The van der Waals surface area contributed by atoms with Crippen LogP contribution in [0.2, 0.25) is 0 Å². The molecule has 0 amide bonds. The molecule has 1 aliphatic heterocycles. The lowest BCUT2D eigenvalue weighted by Crippen LogP contribution is -1.98. The first-order chi connectivity index (χ1) is 9.20. The van der Waals surface area contributed by atoms with Crippen LogP contribution in [-0.4, -0.2) is 19.4 Å². The normalized spacial score (nSPS) is 13.4. The van der Waals surface area contributed by atoms with Crippen molar-refractivity contribution >= 4 is 28.0 Å². The maximum Gasteiger partial charge on any atom is 0.330 e. The van der Waals surface area contributed by atoms with Gasteiger partial charge in [-0.2, -0.15) is 0 Å². The Morgan fingerprint density at radius 3 is 2.84 bits per heavy atom. The predicted molar refractivity (Wildman–Crippen MR) is 75.1 cm³/mol. The number of benzene rings is 1. The van der Waals surface area contributed by atoms with Gasteiger partial charge in [-0.3, -0.25) is 0 Å². The first-order valence-electron chi connectivity index (χ1n) is 5.81. The molecule has 1 heterocycles. The molecule has 0 atom stereocenters. The van der Waals surface area contributed by atoms with Gasteiger partial charge in [0.1, 0.15) is 0 Å². The number of halogens is 1. The van der Waals surface area contributed by atoms with Crippen LogP contribution in [0.5, 0.6) is 11.5 Å². The number of allylic oxidation sites excluding steroid dienone is 2. The highest BCUT2D eigenvalue weighted by molar-refractivity contribution is 9.10. The summed E-state index contributed by atoms with van der Waals surface area (Å²) in [5, 5.41) is 0. The third-order valence-electron chi connectivity index (χ3n) is 2.40. The number of fused-ring (bicyclic) bond motifs is 1. The summed E-state index contributed by atoms with van der Waals surface area (Å²) in [7, 11) is 0. The van der Waals surface area contributed by atoms with Crippen molar-refractivity contribution in [3.8, 4) is 11.5 Å². The predicted octanol–water partition coefficient (Wildman–Crippen LogP) is 3.31. The summed E-state index contributed by atoms with van der Waals surface area (Å²) in [4.78, 5) is 11.1. The second-order valence-electron chi connectivity index (χ2n) is 3.70. The van der Waals surface area contributed by atoms with Crippen molar-refractivity contribution in [3.05, 3.63) is 40.4 Å². The summed E-state index contributed by atoms with van der Waals surface area (Å²) < 4.78 is 16.2. The Labute approximate surface area is 119 Å². The monoisotopic (exact) mass is 324 g/mol. The lowest BCUT2D eigenvalue weighted by molar-refractivity contribution is -0.137. The first kappa shape index (κ1) is 13.7. The molecule has 2 rings (SSSR count). The van der Waals surface area contributed by atoms with E-state index >= 15 is 0 Å². The van der Waals surface area contributed by atoms with Gasteiger partial charge in [0.15, 0.2) is 11.5 Å². The molecule has 5 heteroatoms. The van der Waals surface area contributed by atoms with Crippen LogP contribution in [0.25, 0.3) is 6.08 Å². The van der Waals surface area contributed by atoms with Crippen molar-refractivity contribution in [2.24, 2.45) is 0 Å². The SMILES string of the molecule is CCOC(=O)/C=C/C=C/c1cc2c(cc1Br)OCO2. The summed E-state index contributed by atoms with van der Waals surface area (Å²) >= 11 is 3.45. The number of ether oxygens (including phenoxy) is 3.